The standard InChI is InChI=1S/C8H14N2O6.C6H13NO2.C5H9NO4/c1-3(6(10)7(13)14)16-8(15)4(9)2-5(11)12;1-4(2)3-5(7)6(8)9;6-3(5(9)10)1-2-4(7)8/h3-4,6H,2,9-10H2,1H3,(H,11,12)(H,13,14);4-5H,3,7H2,1-2H3,(H,8,9);3H,1-2,6H2,(H,7,8)(H,9,10). The molecule has 0 saturated carbocycles. The molecular formula is C19H36N4O12. The van der Waals surface area contributed by atoms with Crippen molar-refractivity contribution in [2.24, 2.45) is 28.9 Å². The van der Waals surface area contributed by atoms with Crippen molar-refractivity contribution in [3.63, 3.8) is 0 Å². The number of aliphatic carboxylic acids is 5. The van der Waals surface area contributed by atoms with Crippen LogP contribution in [0.4, 0.5) is 0 Å². The lowest BCUT2D eigenvalue weighted by Gasteiger charge is -2.18. The van der Waals surface area contributed by atoms with Crippen molar-refractivity contribution in [3.05, 3.63) is 0 Å². The summed E-state index contributed by atoms with van der Waals surface area (Å²) in [4.78, 5) is 61.8. The van der Waals surface area contributed by atoms with E-state index in [1.165, 1.54) is 6.92 Å². The largest absolute Gasteiger partial charge is 0.481 e. The third-order valence-corrected chi connectivity index (χ3v) is 3.82. The fourth-order valence-electron chi connectivity index (χ4n) is 1.83. The van der Waals surface area contributed by atoms with Crippen molar-refractivity contribution >= 4 is 35.8 Å². The van der Waals surface area contributed by atoms with Crippen LogP contribution in [0.3, 0.4) is 0 Å². The Morgan fingerprint density at radius 1 is 0.686 bits per heavy atom. The van der Waals surface area contributed by atoms with Gasteiger partial charge in [-0.25, -0.2) is 0 Å². The van der Waals surface area contributed by atoms with Crippen LogP contribution in [-0.4, -0.2) is 91.6 Å². The number of carboxylic acid groups (broad SMARTS) is 5. The Morgan fingerprint density at radius 2 is 1.14 bits per heavy atom. The van der Waals surface area contributed by atoms with Crippen LogP contribution >= 0.6 is 0 Å². The van der Waals surface area contributed by atoms with Gasteiger partial charge in [-0.3, -0.25) is 28.8 Å². The summed E-state index contributed by atoms with van der Waals surface area (Å²) in [5.41, 5.74) is 20.6. The second-order valence-corrected chi connectivity index (χ2v) is 7.66. The lowest BCUT2D eigenvalue weighted by atomic mass is 10.1. The summed E-state index contributed by atoms with van der Waals surface area (Å²) in [7, 11) is 0. The second kappa shape index (κ2) is 19.0. The number of nitrogens with two attached hydrogens (primary N) is 4. The van der Waals surface area contributed by atoms with Crippen LogP contribution in [-0.2, 0) is 33.5 Å². The van der Waals surface area contributed by atoms with Gasteiger partial charge < -0.3 is 53.2 Å². The minimum atomic E-state index is -1.37. The minimum absolute atomic E-state index is 0.0231. The monoisotopic (exact) mass is 512 g/mol. The zero-order valence-corrected chi connectivity index (χ0v) is 19.7. The number of carbonyl (C=O) groups is 6. The summed E-state index contributed by atoms with van der Waals surface area (Å²) >= 11 is 0. The third kappa shape index (κ3) is 22.2. The zero-order chi connectivity index (χ0) is 28.5. The van der Waals surface area contributed by atoms with Gasteiger partial charge in [0.05, 0.1) is 6.42 Å². The molecule has 0 rings (SSSR count). The Bertz CT molecular complexity index is 716. The lowest BCUT2D eigenvalue weighted by Crippen LogP contribution is -2.45. The van der Waals surface area contributed by atoms with E-state index in [4.69, 9.17) is 48.5 Å². The molecule has 0 aromatic heterocycles. The van der Waals surface area contributed by atoms with E-state index >= 15 is 0 Å². The van der Waals surface area contributed by atoms with Crippen molar-refractivity contribution in [2.45, 2.75) is 76.7 Å². The molecule has 0 fully saturated rings. The molecule has 13 N–H and O–H groups in total. The lowest BCUT2D eigenvalue weighted by molar-refractivity contribution is -0.157. The van der Waals surface area contributed by atoms with Gasteiger partial charge in [-0.15, -0.1) is 0 Å². The highest BCUT2D eigenvalue weighted by Gasteiger charge is 2.27. The summed E-state index contributed by atoms with van der Waals surface area (Å²) in [6.07, 6.45) is -1.34. The molecule has 0 aromatic carbocycles. The van der Waals surface area contributed by atoms with Gasteiger partial charge in [-0.05, 0) is 25.7 Å². The van der Waals surface area contributed by atoms with E-state index in [9.17, 15) is 28.8 Å². The van der Waals surface area contributed by atoms with Crippen LogP contribution in [0.1, 0.15) is 46.5 Å². The molecule has 16 nitrogen and oxygen atoms in total. The number of hydrogen-bond donors (Lipinski definition) is 9. The van der Waals surface area contributed by atoms with Gasteiger partial charge in [0.15, 0.2) is 0 Å². The quantitative estimate of drug-likeness (QED) is 0.119. The smallest absolute Gasteiger partial charge is 0.324 e. The average Bonchev–Trinajstić information content (AvgIpc) is 2.70. The highest BCUT2D eigenvalue weighted by Crippen LogP contribution is 2.02. The maximum atomic E-state index is 11.2. The number of esters is 1. The molecule has 5 unspecified atom stereocenters. The first-order valence-electron chi connectivity index (χ1n) is 10.2. The maximum absolute atomic E-state index is 11.2. The Hall–Kier alpha value is -3.34. The van der Waals surface area contributed by atoms with Gasteiger partial charge >= 0.3 is 35.8 Å². The van der Waals surface area contributed by atoms with Gasteiger partial charge in [-0.1, -0.05) is 13.8 Å². The first-order chi connectivity index (χ1) is 15.8. The molecule has 0 aliphatic carbocycles. The molecule has 0 aliphatic heterocycles. The molecule has 0 aliphatic rings. The number of hydrogen-bond acceptors (Lipinski definition) is 11. The summed E-state index contributed by atoms with van der Waals surface area (Å²) in [5.74, 6) is -6.32. The molecule has 204 valence electrons. The van der Waals surface area contributed by atoms with Crippen molar-refractivity contribution in [1.29, 1.82) is 0 Å². The number of rotatable bonds is 13. The Labute approximate surface area is 201 Å². The predicted octanol–water partition coefficient (Wildman–Crippen LogP) is -2.16. The topological polar surface area (TPSA) is 317 Å². The molecule has 35 heavy (non-hydrogen) atoms. The Balaban J connectivity index is -0.000000466. The minimum Gasteiger partial charge on any atom is -0.481 e. The molecule has 0 saturated heterocycles. The first-order valence-corrected chi connectivity index (χ1v) is 10.2. The van der Waals surface area contributed by atoms with E-state index in [0.29, 0.717) is 12.3 Å². The van der Waals surface area contributed by atoms with Crippen LogP contribution in [0.2, 0.25) is 0 Å². The summed E-state index contributed by atoms with van der Waals surface area (Å²) in [6, 6.07) is -4.46. The molecular weight excluding hydrogens is 476 g/mol. The molecule has 5 atom stereocenters. The van der Waals surface area contributed by atoms with E-state index in [0.717, 1.165) is 0 Å². The molecule has 0 spiro atoms. The van der Waals surface area contributed by atoms with Gasteiger partial charge in [0, 0.05) is 6.42 Å². The summed E-state index contributed by atoms with van der Waals surface area (Å²) < 4.78 is 4.60. The Kier molecular flexibility index (Phi) is 19.7. The second-order valence-electron chi connectivity index (χ2n) is 7.66. The van der Waals surface area contributed by atoms with E-state index in [-0.39, 0.29) is 12.8 Å². The first kappa shape index (κ1) is 36.2. The maximum Gasteiger partial charge on any atom is 0.324 e. The van der Waals surface area contributed by atoms with Crippen LogP contribution in [0.25, 0.3) is 0 Å². The zero-order valence-electron chi connectivity index (χ0n) is 19.7. The van der Waals surface area contributed by atoms with E-state index < -0.39 is 72.5 Å². The molecule has 0 aromatic rings. The fraction of sp³-hybridized carbons (Fsp3) is 0.684. The van der Waals surface area contributed by atoms with Crippen molar-refractivity contribution in [2.75, 3.05) is 0 Å². The van der Waals surface area contributed by atoms with Crippen molar-refractivity contribution in [3.8, 4) is 0 Å². The van der Waals surface area contributed by atoms with Gasteiger partial charge in [0.25, 0.3) is 0 Å². The van der Waals surface area contributed by atoms with E-state index in [2.05, 4.69) is 4.74 Å². The normalized spacial score (nSPS) is 14.4. The van der Waals surface area contributed by atoms with Crippen LogP contribution in [0.15, 0.2) is 0 Å². The SMILES string of the molecule is CC(C)CC(N)C(=O)O.CC(OC(=O)C(N)CC(=O)O)C(N)C(=O)O.NC(CCC(=O)O)C(=O)O. The summed E-state index contributed by atoms with van der Waals surface area (Å²) in [5, 5.41) is 41.4. The molecule has 0 amide bonds. The number of ether oxygens (including phenoxy) is 1. The van der Waals surface area contributed by atoms with Crippen LogP contribution < -0.4 is 22.9 Å². The van der Waals surface area contributed by atoms with Gasteiger partial charge in [0.1, 0.15) is 30.3 Å². The number of carbonyl (C=O) groups excluding carboxylic acids is 1. The van der Waals surface area contributed by atoms with E-state index in [1.807, 2.05) is 13.8 Å². The molecule has 16 heteroatoms. The number of carboxylic acids is 5. The van der Waals surface area contributed by atoms with Crippen LogP contribution in [0.5, 0.6) is 0 Å². The summed E-state index contributed by atoms with van der Waals surface area (Å²) in [6.45, 7) is 5.18. The van der Waals surface area contributed by atoms with Crippen molar-refractivity contribution < 1.29 is 59.0 Å². The van der Waals surface area contributed by atoms with Gasteiger partial charge in [-0.2, -0.15) is 0 Å². The average molecular weight is 513 g/mol. The van der Waals surface area contributed by atoms with Crippen molar-refractivity contribution in [1.82, 2.24) is 0 Å². The molecule has 0 heterocycles. The predicted molar refractivity (Wildman–Crippen MR) is 119 cm³/mol. The highest BCUT2D eigenvalue weighted by atomic mass is 16.5. The third-order valence-electron chi connectivity index (χ3n) is 3.82. The molecule has 0 bridgehead atoms. The fourth-order valence-corrected chi connectivity index (χ4v) is 1.83. The van der Waals surface area contributed by atoms with Crippen LogP contribution in [0, 0.1) is 5.92 Å². The Morgan fingerprint density at radius 3 is 1.43 bits per heavy atom. The van der Waals surface area contributed by atoms with E-state index in [1.54, 1.807) is 0 Å². The molecule has 0 radical (unpaired) electrons. The highest BCUT2D eigenvalue weighted by molar-refractivity contribution is 5.82. The van der Waals surface area contributed by atoms with Gasteiger partial charge in [0.2, 0.25) is 0 Å².